The van der Waals surface area contributed by atoms with Gasteiger partial charge in [0.25, 0.3) is 0 Å². The van der Waals surface area contributed by atoms with Crippen molar-refractivity contribution >= 4 is 50.7 Å². The van der Waals surface area contributed by atoms with Crippen LogP contribution in [0.2, 0.25) is 10.0 Å². The van der Waals surface area contributed by atoms with Crippen molar-refractivity contribution < 1.29 is 18.0 Å². The highest BCUT2D eigenvalue weighted by molar-refractivity contribution is 7.92. The molecule has 0 bridgehead atoms. The molecule has 2 amide bonds. The Labute approximate surface area is 224 Å². The third-order valence-electron chi connectivity index (χ3n) is 5.93. The first-order chi connectivity index (χ1) is 16.7. The molecule has 2 aromatic rings. The summed E-state index contributed by atoms with van der Waals surface area (Å²) in [5.41, 5.74) is 3.18. The molecular weight excluding hydrogens is 521 g/mol. The summed E-state index contributed by atoms with van der Waals surface area (Å²) in [6.07, 6.45) is 1.51. The fourth-order valence-corrected chi connectivity index (χ4v) is 5.15. The molecule has 0 fully saturated rings. The minimum absolute atomic E-state index is 0.0670. The molecule has 0 unspecified atom stereocenters. The highest BCUT2D eigenvalue weighted by Crippen LogP contribution is 2.26. The summed E-state index contributed by atoms with van der Waals surface area (Å²) in [5.74, 6) is -0.534. The third-order valence-corrected chi connectivity index (χ3v) is 7.85. The minimum atomic E-state index is -3.56. The second-order valence-corrected chi connectivity index (χ2v) is 12.0. The van der Waals surface area contributed by atoms with Gasteiger partial charge >= 0.3 is 0 Å². The summed E-state index contributed by atoms with van der Waals surface area (Å²) in [7, 11) is -3.56. The van der Waals surface area contributed by atoms with Crippen molar-refractivity contribution in [3.8, 4) is 0 Å². The van der Waals surface area contributed by atoms with Gasteiger partial charge in [-0.05, 0) is 75.9 Å². The first-order valence-electron chi connectivity index (χ1n) is 11.8. The molecule has 0 heterocycles. The molecule has 1 N–H and O–H groups in total. The van der Waals surface area contributed by atoms with Crippen LogP contribution in [-0.4, -0.2) is 50.0 Å². The molecule has 0 aromatic heterocycles. The highest BCUT2D eigenvalue weighted by atomic mass is 35.5. The van der Waals surface area contributed by atoms with Gasteiger partial charge in [-0.2, -0.15) is 0 Å². The lowest BCUT2D eigenvalue weighted by atomic mass is 10.1. The molecule has 0 saturated heterocycles. The maximum absolute atomic E-state index is 13.3. The zero-order valence-electron chi connectivity index (χ0n) is 21.6. The number of hydrogen-bond acceptors (Lipinski definition) is 4. The molecule has 0 aliphatic carbocycles. The van der Waals surface area contributed by atoms with E-state index in [2.05, 4.69) is 5.32 Å². The molecule has 0 aliphatic heterocycles. The molecule has 0 aliphatic rings. The Hall–Kier alpha value is -2.29. The Balaban J connectivity index is 2.23. The number of rotatable bonds is 11. The number of carbonyl (C=O) groups excluding carboxylic acids is 2. The first-order valence-corrected chi connectivity index (χ1v) is 14.4. The van der Waals surface area contributed by atoms with Crippen LogP contribution in [0.1, 0.15) is 50.3 Å². The van der Waals surface area contributed by atoms with Crippen LogP contribution in [0.15, 0.2) is 36.4 Å². The number of anilines is 1. The summed E-state index contributed by atoms with van der Waals surface area (Å²) in [6, 6.07) is 9.76. The lowest BCUT2D eigenvalue weighted by Crippen LogP contribution is -2.49. The molecule has 1 atom stereocenters. The molecule has 0 radical (unpaired) electrons. The number of nitrogens with one attached hydrogen (secondary N) is 1. The molecule has 0 spiro atoms. The normalized spacial score (nSPS) is 12.4. The van der Waals surface area contributed by atoms with Gasteiger partial charge in [-0.1, -0.05) is 41.4 Å². The zero-order valence-corrected chi connectivity index (χ0v) is 24.0. The Morgan fingerprint density at radius 3 is 2.28 bits per heavy atom. The SMILES string of the molecule is Cc1cccc(N(CCCC(=O)N(Cc2ccc(Cl)c(Cl)c2)[C@@H](C)C(=O)NC(C)C)S(C)(=O)=O)c1C. The molecule has 36 heavy (non-hydrogen) atoms. The van der Waals surface area contributed by atoms with Crippen molar-refractivity contribution in [1.29, 1.82) is 0 Å². The fraction of sp³-hybridized carbons (Fsp3) is 0.462. The van der Waals surface area contributed by atoms with E-state index >= 15 is 0 Å². The summed E-state index contributed by atoms with van der Waals surface area (Å²) in [4.78, 5) is 27.6. The number of amides is 2. The van der Waals surface area contributed by atoms with E-state index in [4.69, 9.17) is 23.2 Å². The number of halogens is 2. The average Bonchev–Trinajstić information content (AvgIpc) is 2.77. The number of benzene rings is 2. The van der Waals surface area contributed by atoms with Gasteiger partial charge in [0.1, 0.15) is 6.04 Å². The predicted molar refractivity (Wildman–Crippen MR) is 147 cm³/mol. The van der Waals surface area contributed by atoms with Crippen molar-refractivity contribution in [2.24, 2.45) is 0 Å². The van der Waals surface area contributed by atoms with E-state index in [1.54, 1.807) is 31.2 Å². The second-order valence-electron chi connectivity index (χ2n) is 9.27. The predicted octanol–water partition coefficient (Wildman–Crippen LogP) is 5.10. The van der Waals surface area contributed by atoms with Gasteiger partial charge in [0.2, 0.25) is 21.8 Å². The fourth-order valence-electron chi connectivity index (χ4n) is 3.81. The second kappa shape index (κ2) is 12.8. The van der Waals surface area contributed by atoms with Crippen molar-refractivity contribution in [3.63, 3.8) is 0 Å². The van der Waals surface area contributed by atoms with E-state index in [0.717, 1.165) is 22.9 Å². The van der Waals surface area contributed by atoms with E-state index in [-0.39, 0.29) is 43.8 Å². The van der Waals surface area contributed by atoms with Crippen LogP contribution < -0.4 is 9.62 Å². The lowest BCUT2D eigenvalue weighted by Gasteiger charge is -2.30. The van der Waals surface area contributed by atoms with Crippen molar-refractivity contribution in [2.75, 3.05) is 17.1 Å². The first kappa shape index (κ1) is 29.9. The molecule has 0 saturated carbocycles. The van der Waals surface area contributed by atoms with Crippen molar-refractivity contribution in [3.05, 3.63) is 63.1 Å². The molecule has 2 aromatic carbocycles. The van der Waals surface area contributed by atoms with E-state index in [1.165, 1.54) is 9.21 Å². The van der Waals surface area contributed by atoms with E-state index < -0.39 is 16.1 Å². The Morgan fingerprint density at radius 1 is 1.03 bits per heavy atom. The standard InChI is InChI=1S/C26H35Cl2N3O4S/c1-17(2)29-26(33)20(5)30(16-21-12-13-22(27)23(28)15-21)25(32)11-8-14-31(36(6,34)35)24-10-7-9-18(3)19(24)4/h7,9-10,12-13,15,17,20H,8,11,14,16H2,1-6H3,(H,29,33)/t20-/m0/s1. The van der Waals surface area contributed by atoms with E-state index in [0.29, 0.717) is 15.7 Å². The van der Waals surface area contributed by atoms with Gasteiger partial charge < -0.3 is 10.2 Å². The number of sulfonamides is 1. The van der Waals surface area contributed by atoms with Crippen molar-refractivity contribution in [2.45, 2.75) is 66.1 Å². The van der Waals surface area contributed by atoms with Crippen LogP contribution in [0.5, 0.6) is 0 Å². The summed E-state index contributed by atoms with van der Waals surface area (Å²) < 4.78 is 26.5. The van der Waals surface area contributed by atoms with Gasteiger partial charge in [-0.15, -0.1) is 0 Å². The van der Waals surface area contributed by atoms with Crippen molar-refractivity contribution in [1.82, 2.24) is 10.2 Å². The largest absolute Gasteiger partial charge is 0.352 e. The summed E-state index contributed by atoms with van der Waals surface area (Å²) >= 11 is 12.2. The number of nitrogens with zero attached hydrogens (tertiary/aromatic N) is 2. The van der Waals surface area contributed by atoms with Crippen LogP contribution in [0.25, 0.3) is 0 Å². The molecule has 2 rings (SSSR count). The van der Waals surface area contributed by atoms with Crippen LogP contribution in [0.3, 0.4) is 0 Å². The smallest absolute Gasteiger partial charge is 0.242 e. The number of aryl methyl sites for hydroxylation is 1. The van der Waals surface area contributed by atoms with Gasteiger partial charge in [-0.3, -0.25) is 13.9 Å². The summed E-state index contributed by atoms with van der Waals surface area (Å²) in [5, 5.41) is 3.60. The maximum Gasteiger partial charge on any atom is 0.242 e. The lowest BCUT2D eigenvalue weighted by molar-refractivity contribution is -0.140. The van der Waals surface area contributed by atoms with E-state index in [9.17, 15) is 18.0 Å². The van der Waals surface area contributed by atoms with Crippen LogP contribution in [0, 0.1) is 13.8 Å². The van der Waals surface area contributed by atoms with Crippen LogP contribution in [-0.2, 0) is 26.2 Å². The Kier molecular flexibility index (Phi) is 10.6. The summed E-state index contributed by atoms with van der Waals surface area (Å²) in [6.45, 7) is 9.48. The zero-order chi connectivity index (χ0) is 27.2. The van der Waals surface area contributed by atoms with Crippen LogP contribution in [0.4, 0.5) is 5.69 Å². The van der Waals surface area contributed by atoms with Gasteiger partial charge in [-0.25, -0.2) is 8.42 Å². The van der Waals surface area contributed by atoms with E-state index in [1.807, 2.05) is 39.8 Å². The monoisotopic (exact) mass is 555 g/mol. The average molecular weight is 557 g/mol. The molecule has 10 heteroatoms. The van der Waals surface area contributed by atoms with Gasteiger partial charge in [0, 0.05) is 25.6 Å². The topological polar surface area (TPSA) is 86.8 Å². The maximum atomic E-state index is 13.3. The Bertz CT molecular complexity index is 1200. The Morgan fingerprint density at radius 2 is 1.69 bits per heavy atom. The third kappa shape index (κ3) is 8.11. The molecular formula is C26H35Cl2N3O4S. The molecule has 7 nitrogen and oxygen atoms in total. The highest BCUT2D eigenvalue weighted by Gasteiger charge is 2.27. The number of carbonyl (C=O) groups is 2. The quantitative estimate of drug-likeness (QED) is 0.418. The van der Waals surface area contributed by atoms with Crippen LogP contribution >= 0.6 is 23.2 Å². The molecule has 198 valence electrons. The van der Waals surface area contributed by atoms with Gasteiger partial charge in [0.15, 0.2) is 0 Å². The number of hydrogen-bond donors (Lipinski definition) is 1. The minimum Gasteiger partial charge on any atom is -0.352 e. The van der Waals surface area contributed by atoms with Gasteiger partial charge in [0.05, 0.1) is 22.0 Å².